The van der Waals surface area contributed by atoms with Crippen LogP contribution in [0.25, 0.3) is 0 Å². The van der Waals surface area contributed by atoms with Gasteiger partial charge in [0.1, 0.15) is 5.75 Å². The zero-order valence-electron chi connectivity index (χ0n) is 14.2. The minimum atomic E-state index is -1.79. The van der Waals surface area contributed by atoms with Crippen LogP contribution in [0.4, 0.5) is 0 Å². The van der Waals surface area contributed by atoms with Gasteiger partial charge >= 0.3 is 7.12 Å². The molecule has 0 amide bonds. The summed E-state index contributed by atoms with van der Waals surface area (Å²) in [6.45, 7) is 14.3. The van der Waals surface area contributed by atoms with Gasteiger partial charge in [0.25, 0.3) is 0 Å². The lowest BCUT2D eigenvalue weighted by molar-refractivity contribution is 0.00578. The van der Waals surface area contributed by atoms with Crippen molar-refractivity contribution >= 4 is 44.1 Å². The van der Waals surface area contributed by atoms with E-state index in [1.54, 1.807) is 0 Å². The second kappa shape index (κ2) is 5.71. The van der Waals surface area contributed by atoms with Gasteiger partial charge in [-0.3, -0.25) is 0 Å². The number of hydrogen-bond donors (Lipinski definition) is 0. The highest BCUT2D eigenvalue weighted by molar-refractivity contribution is 6.70. The number of rotatable bonds is 3. The highest BCUT2D eigenvalue weighted by Gasteiger charge is 2.51. The predicted molar refractivity (Wildman–Crippen MR) is 96.2 cm³/mol. The van der Waals surface area contributed by atoms with Crippen LogP contribution in [0.3, 0.4) is 0 Å². The van der Waals surface area contributed by atoms with E-state index in [4.69, 9.17) is 36.9 Å². The summed E-state index contributed by atoms with van der Waals surface area (Å²) in [5.41, 5.74) is 0.00499. The molecule has 1 aromatic carbocycles. The molecular formula is C15H23BCl2O3Si. The fraction of sp³-hybridized carbons (Fsp3) is 0.600. The van der Waals surface area contributed by atoms with Crippen LogP contribution < -0.4 is 9.89 Å². The van der Waals surface area contributed by atoms with Crippen molar-refractivity contribution in [2.24, 2.45) is 0 Å². The molecule has 0 aliphatic carbocycles. The minimum Gasteiger partial charge on any atom is -0.542 e. The maximum absolute atomic E-state index is 6.36. The molecule has 1 fully saturated rings. The summed E-state index contributed by atoms with van der Waals surface area (Å²) in [7, 11) is -2.27. The van der Waals surface area contributed by atoms with Gasteiger partial charge in [-0.1, -0.05) is 23.2 Å². The topological polar surface area (TPSA) is 27.7 Å². The Labute approximate surface area is 144 Å². The fourth-order valence-corrected chi connectivity index (χ4v) is 3.64. The van der Waals surface area contributed by atoms with Gasteiger partial charge in [-0.25, -0.2) is 0 Å². The van der Waals surface area contributed by atoms with E-state index < -0.39 is 26.6 Å². The number of benzene rings is 1. The molecule has 2 rings (SSSR count). The molecule has 0 N–H and O–H groups in total. The Morgan fingerprint density at radius 2 is 1.36 bits per heavy atom. The lowest BCUT2D eigenvalue weighted by Gasteiger charge is -2.32. The summed E-state index contributed by atoms with van der Waals surface area (Å²) in [5.74, 6) is 0.544. The fourth-order valence-electron chi connectivity index (χ4n) is 2.10. The first-order valence-corrected chi connectivity index (χ1v) is 11.5. The summed E-state index contributed by atoms with van der Waals surface area (Å²) in [5, 5.41) is 0.972. The highest BCUT2D eigenvalue weighted by atomic mass is 35.5. The molecule has 0 atom stereocenters. The van der Waals surface area contributed by atoms with Crippen molar-refractivity contribution in [2.45, 2.75) is 58.5 Å². The predicted octanol–water partition coefficient (Wildman–Crippen LogP) is 4.51. The van der Waals surface area contributed by atoms with E-state index in [9.17, 15) is 0 Å². The van der Waals surface area contributed by atoms with E-state index in [-0.39, 0.29) is 0 Å². The molecule has 1 heterocycles. The van der Waals surface area contributed by atoms with Gasteiger partial charge in [-0.05, 0) is 64.9 Å². The lowest BCUT2D eigenvalue weighted by Crippen LogP contribution is -2.41. The van der Waals surface area contributed by atoms with E-state index in [1.165, 1.54) is 0 Å². The van der Waals surface area contributed by atoms with Crippen LogP contribution in [0.2, 0.25) is 29.7 Å². The standard InChI is InChI=1S/C15H23BCl2O3Si/c1-14(2)15(3,4)21-16(20-14)10-8-11(17)13(12(18)9-10)19-22(5,6)7/h8-9H,1-7H3. The summed E-state index contributed by atoms with van der Waals surface area (Å²) in [6, 6.07) is 3.62. The summed E-state index contributed by atoms with van der Waals surface area (Å²) in [4.78, 5) is 0. The van der Waals surface area contributed by atoms with Crippen molar-refractivity contribution in [1.29, 1.82) is 0 Å². The normalized spacial score (nSPS) is 20.3. The van der Waals surface area contributed by atoms with E-state index in [0.29, 0.717) is 15.8 Å². The molecule has 1 saturated heterocycles. The molecule has 0 radical (unpaired) electrons. The van der Waals surface area contributed by atoms with Crippen molar-refractivity contribution in [3.8, 4) is 5.75 Å². The summed E-state index contributed by atoms with van der Waals surface area (Å²) < 4.78 is 18.0. The first kappa shape index (κ1) is 18.1. The molecule has 1 aromatic rings. The van der Waals surface area contributed by atoms with Gasteiger partial charge in [0.2, 0.25) is 8.32 Å². The Morgan fingerprint density at radius 1 is 0.955 bits per heavy atom. The largest absolute Gasteiger partial charge is 0.542 e. The van der Waals surface area contributed by atoms with Crippen molar-refractivity contribution < 1.29 is 13.7 Å². The van der Waals surface area contributed by atoms with E-state index >= 15 is 0 Å². The Bertz CT molecular complexity index is 546. The zero-order valence-corrected chi connectivity index (χ0v) is 16.7. The maximum Gasteiger partial charge on any atom is 0.494 e. The molecule has 0 bridgehead atoms. The minimum absolute atomic E-state index is 0.399. The molecule has 122 valence electrons. The quantitative estimate of drug-likeness (QED) is 0.742. The molecule has 7 heteroatoms. The van der Waals surface area contributed by atoms with Gasteiger partial charge in [0, 0.05) is 0 Å². The molecule has 1 aliphatic heterocycles. The number of hydrogen-bond acceptors (Lipinski definition) is 3. The van der Waals surface area contributed by atoms with Crippen molar-refractivity contribution in [1.82, 2.24) is 0 Å². The first-order chi connectivity index (χ1) is 9.82. The molecule has 22 heavy (non-hydrogen) atoms. The zero-order chi connectivity index (χ0) is 16.9. The van der Waals surface area contributed by atoms with E-state index in [1.807, 2.05) is 39.8 Å². The first-order valence-electron chi connectivity index (χ1n) is 7.36. The molecule has 1 aliphatic rings. The second-order valence-corrected chi connectivity index (χ2v) is 12.9. The van der Waals surface area contributed by atoms with E-state index in [0.717, 1.165) is 5.46 Å². The van der Waals surface area contributed by atoms with Crippen molar-refractivity contribution in [3.05, 3.63) is 22.2 Å². The Kier molecular flexibility index (Phi) is 4.71. The molecule has 0 saturated carbocycles. The number of halogens is 2. The van der Waals surface area contributed by atoms with Gasteiger partial charge < -0.3 is 13.7 Å². The van der Waals surface area contributed by atoms with Crippen LogP contribution in [-0.4, -0.2) is 26.6 Å². The molecule has 0 spiro atoms. The summed E-state index contributed by atoms with van der Waals surface area (Å²) >= 11 is 12.7. The molecule has 0 aromatic heterocycles. The van der Waals surface area contributed by atoms with Crippen molar-refractivity contribution in [2.75, 3.05) is 0 Å². The SMILES string of the molecule is CC1(C)OB(c2cc(Cl)c(O[Si](C)(C)C)c(Cl)c2)OC1(C)C. The maximum atomic E-state index is 6.36. The Balaban J connectivity index is 2.32. The van der Waals surface area contributed by atoms with Crippen molar-refractivity contribution in [3.63, 3.8) is 0 Å². The van der Waals surface area contributed by atoms with Crippen LogP contribution >= 0.6 is 23.2 Å². The third kappa shape index (κ3) is 3.65. The molecule has 3 nitrogen and oxygen atoms in total. The smallest absolute Gasteiger partial charge is 0.494 e. The van der Waals surface area contributed by atoms with Crippen LogP contribution in [0.1, 0.15) is 27.7 Å². The molecule has 0 unspecified atom stereocenters. The second-order valence-electron chi connectivity index (χ2n) is 7.62. The van der Waals surface area contributed by atoms with Gasteiger partial charge in [0.15, 0.2) is 0 Å². The average Bonchev–Trinajstić information content (AvgIpc) is 2.52. The highest BCUT2D eigenvalue weighted by Crippen LogP contribution is 2.38. The van der Waals surface area contributed by atoms with Crippen LogP contribution in [0.15, 0.2) is 12.1 Å². The van der Waals surface area contributed by atoms with Gasteiger partial charge in [-0.2, -0.15) is 0 Å². The monoisotopic (exact) mass is 360 g/mol. The van der Waals surface area contributed by atoms with Crippen LogP contribution in [0, 0.1) is 0 Å². The third-order valence-corrected chi connectivity index (χ3v) is 5.33. The Hall–Kier alpha value is -0.198. The third-order valence-electron chi connectivity index (χ3n) is 3.95. The van der Waals surface area contributed by atoms with Gasteiger partial charge in [-0.15, -0.1) is 0 Å². The summed E-state index contributed by atoms with van der Waals surface area (Å²) in [6.07, 6.45) is 0. The van der Waals surface area contributed by atoms with Crippen LogP contribution in [0.5, 0.6) is 5.75 Å². The average molecular weight is 361 g/mol. The lowest BCUT2D eigenvalue weighted by atomic mass is 9.79. The van der Waals surface area contributed by atoms with E-state index in [2.05, 4.69) is 19.6 Å². The Morgan fingerprint density at radius 3 is 1.73 bits per heavy atom. The van der Waals surface area contributed by atoms with Crippen LogP contribution in [-0.2, 0) is 9.31 Å². The molecular weight excluding hydrogens is 338 g/mol. The van der Waals surface area contributed by atoms with Gasteiger partial charge in [0.05, 0.1) is 21.2 Å².